The summed E-state index contributed by atoms with van der Waals surface area (Å²) in [5, 5.41) is 1.93. The minimum atomic E-state index is -3.34. The summed E-state index contributed by atoms with van der Waals surface area (Å²) >= 11 is 1.16. The van der Waals surface area contributed by atoms with Gasteiger partial charge >= 0.3 is 5.97 Å². The number of ether oxygens (including phenoxy) is 1. The number of anilines is 1. The SMILES string of the molecule is CCCCS(=O)(=O)Nc1nc(CC(=O)OCC)cs1. The van der Waals surface area contributed by atoms with Gasteiger partial charge in [-0.25, -0.2) is 13.4 Å². The monoisotopic (exact) mass is 306 g/mol. The second-order valence-electron chi connectivity index (χ2n) is 3.90. The Morgan fingerprint density at radius 3 is 2.84 bits per heavy atom. The van der Waals surface area contributed by atoms with E-state index in [9.17, 15) is 13.2 Å². The molecule has 0 aliphatic rings. The Morgan fingerprint density at radius 2 is 2.21 bits per heavy atom. The Kier molecular flexibility index (Phi) is 6.23. The van der Waals surface area contributed by atoms with Crippen LogP contribution < -0.4 is 4.72 Å². The number of aromatic nitrogens is 1. The van der Waals surface area contributed by atoms with Crippen molar-refractivity contribution in [2.45, 2.75) is 33.1 Å². The molecule has 0 atom stereocenters. The normalized spacial score (nSPS) is 11.3. The van der Waals surface area contributed by atoms with Gasteiger partial charge in [0.25, 0.3) is 0 Å². The molecule has 0 aliphatic heterocycles. The highest BCUT2D eigenvalue weighted by Gasteiger charge is 2.13. The quantitative estimate of drug-likeness (QED) is 0.740. The predicted octanol–water partition coefficient (Wildman–Crippen LogP) is 1.79. The molecule has 19 heavy (non-hydrogen) atoms. The van der Waals surface area contributed by atoms with Crippen LogP contribution in [0.3, 0.4) is 0 Å². The van der Waals surface area contributed by atoms with Crippen LogP contribution in [0.5, 0.6) is 0 Å². The lowest BCUT2D eigenvalue weighted by atomic mass is 10.3. The number of esters is 1. The Morgan fingerprint density at radius 1 is 1.47 bits per heavy atom. The van der Waals surface area contributed by atoms with Gasteiger partial charge in [-0.3, -0.25) is 9.52 Å². The van der Waals surface area contributed by atoms with Crippen molar-refractivity contribution in [3.8, 4) is 0 Å². The van der Waals surface area contributed by atoms with Crippen LogP contribution in [-0.2, 0) is 26.0 Å². The van der Waals surface area contributed by atoms with E-state index in [0.29, 0.717) is 18.7 Å². The van der Waals surface area contributed by atoms with Crippen LogP contribution in [0.4, 0.5) is 5.13 Å². The molecule has 0 aromatic carbocycles. The Balaban J connectivity index is 2.57. The van der Waals surface area contributed by atoms with Crippen LogP contribution in [-0.4, -0.2) is 31.7 Å². The van der Waals surface area contributed by atoms with Crippen molar-refractivity contribution >= 4 is 32.5 Å². The van der Waals surface area contributed by atoms with E-state index in [1.54, 1.807) is 12.3 Å². The average Bonchev–Trinajstić information content (AvgIpc) is 2.73. The van der Waals surface area contributed by atoms with Crippen LogP contribution in [0.25, 0.3) is 0 Å². The van der Waals surface area contributed by atoms with E-state index in [4.69, 9.17) is 4.74 Å². The third kappa shape index (κ3) is 6.02. The van der Waals surface area contributed by atoms with Gasteiger partial charge in [0.1, 0.15) is 0 Å². The van der Waals surface area contributed by atoms with E-state index in [1.165, 1.54) is 0 Å². The summed E-state index contributed by atoms with van der Waals surface area (Å²) in [6.07, 6.45) is 1.48. The third-order valence-electron chi connectivity index (χ3n) is 2.19. The summed E-state index contributed by atoms with van der Waals surface area (Å²) in [5.74, 6) is -0.288. The minimum Gasteiger partial charge on any atom is -0.466 e. The summed E-state index contributed by atoms with van der Waals surface area (Å²) in [7, 11) is -3.34. The number of rotatable bonds is 8. The molecule has 1 N–H and O–H groups in total. The smallest absolute Gasteiger partial charge is 0.311 e. The fourth-order valence-corrected chi connectivity index (χ4v) is 3.52. The lowest BCUT2D eigenvalue weighted by molar-refractivity contribution is -0.142. The number of hydrogen-bond acceptors (Lipinski definition) is 6. The Hall–Kier alpha value is -1.15. The molecule has 0 fully saturated rings. The largest absolute Gasteiger partial charge is 0.466 e. The molecule has 0 radical (unpaired) electrons. The molecule has 108 valence electrons. The molecule has 0 aliphatic carbocycles. The lowest BCUT2D eigenvalue weighted by Gasteiger charge is -2.03. The van der Waals surface area contributed by atoms with Crippen molar-refractivity contribution in [3.05, 3.63) is 11.1 Å². The number of sulfonamides is 1. The average molecular weight is 306 g/mol. The molecule has 1 aromatic heterocycles. The zero-order chi connectivity index (χ0) is 14.3. The summed E-state index contributed by atoms with van der Waals surface area (Å²) < 4.78 is 30.5. The molecule has 0 amide bonds. The van der Waals surface area contributed by atoms with Crippen LogP contribution in [0, 0.1) is 0 Å². The minimum absolute atomic E-state index is 0.0566. The molecule has 8 heteroatoms. The lowest BCUT2D eigenvalue weighted by Crippen LogP contribution is -2.16. The molecule has 1 heterocycles. The van der Waals surface area contributed by atoms with Crippen LogP contribution in [0.1, 0.15) is 32.4 Å². The highest BCUT2D eigenvalue weighted by molar-refractivity contribution is 7.92. The zero-order valence-electron chi connectivity index (χ0n) is 11.0. The van der Waals surface area contributed by atoms with Crippen molar-refractivity contribution < 1.29 is 17.9 Å². The molecule has 0 unspecified atom stereocenters. The molecular formula is C11H18N2O4S2. The van der Waals surface area contributed by atoms with Gasteiger partial charge in [-0.05, 0) is 13.3 Å². The first-order valence-corrected chi connectivity index (χ1v) is 8.60. The maximum absolute atomic E-state index is 11.7. The highest BCUT2D eigenvalue weighted by Crippen LogP contribution is 2.17. The second kappa shape index (κ2) is 7.44. The van der Waals surface area contributed by atoms with Gasteiger partial charge in [-0.15, -0.1) is 11.3 Å². The standard InChI is InChI=1S/C11H18N2O4S2/c1-3-5-6-19(15,16)13-11-12-9(8-18-11)7-10(14)17-4-2/h8H,3-7H2,1-2H3,(H,12,13). The van der Waals surface area contributed by atoms with Crippen molar-refractivity contribution in [3.63, 3.8) is 0 Å². The van der Waals surface area contributed by atoms with Gasteiger partial charge < -0.3 is 4.74 Å². The fourth-order valence-electron chi connectivity index (χ4n) is 1.31. The van der Waals surface area contributed by atoms with Crippen LogP contribution in [0.15, 0.2) is 5.38 Å². The molecule has 0 saturated heterocycles. The number of carbonyl (C=O) groups excluding carboxylic acids is 1. The van der Waals surface area contributed by atoms with E-state index in [0.717, 1.165) is 17.8 Å². The van der Waals surface area contributed by atoms with Gasteiger partial charge in [0.05, 0.1) is 24.5 Å². The maximum atomic E-state index is 11.7. The van der Waals surface area contributed by atoms with Gasteiger partial charge in [-0.2, -0.15) is 0 Å². The van der Waals surface area contributed by atoms with Crippen molar-refractivity contribution in [1.82, 2.24) is 4.98 Å². The van der Waals surface area contributed by atoms with E-state index >= 15 is 0 Å². The topological polar surface area (TPSA) is 85.4 Å². The number of carbonyl (C=O) groups is 1. The zero-order valence-corrected chi connectivity index (χ0v) is 12.6. The van der Waals surface area contributed by atoms with Crippen LogP contribution >= 0.6 is 11.3 Å². The second-order valence-corrected chi connectivity index (χ2v) is 6.60. The number of thiazole rings is 1. The first kappa shape index (κ1) is 15.9. The van der Waals surface area contributed by atoms with Gasteiger partial charge in [-0.1, -0.05) is 13.3 Å². The summed E-state index contributed by atoms with van der Waals surface area (Å²) in [5.41, 5.74) is 0.511. The third-order valence-corrected chi connectivity index (χ3v) is 4.46. The molecule has 1 rings (SSSR count). The first-order chi connectivity index (χ1) is 8.96. The highest BCUT2D eigenvalue weighted by atomic mass is 32.2. The van der Waals surface area contributed by atoms with E-state index < -0.39 is 10.0 Å². The van der Waals surface area contributed by atoms with Crippen molar-refractivity contribution in [1.29, 1.82) is 0 Å². The predicted molar refractivity (Wildman–Crippen MR) is 74.8 cm³/mol. The van der Waals surface area contributed by atoms with Crippen LogP contribution in [0.2, 0.25) is 0 Å². The fraction of sp³-hybridized carbons (Fsp3) is 0.636. The van der Waals surface area contributed by atoms with Crippen molar-refractivity contribution in [2.75, 3.05) is 17.1 Å². The molecule has 6 nitrogen and oxygen atoms in total. The number of hydrogen-bond donors (Lipinski definition) is 1. The van der Waals surface area contributed by atoms with E-state index in [1.807, 2.05) is 6.92 Å². The number of nitrogens with zero attached hydrogens (tertiary/aromatic N) is 1. The molecule has 0 saturated carbocycles. The molecule has 1 aromatic rings. The Bertz CT molecular complexity index is 511. The molecular weight excluding hydrogens is 288 g/mol. The molecule has 0 spiro atoms. The summed E-state index contributed by atoms with van der Waals surface area (Å²) in [6, 6.07) is 0. The van der Waals surface area contributed by atoms with E-state index in [-0.39, 0.29) is 23.3 Å². The van der Waals surface area contributed by atoms with Gasteiger partial charge in [0, 0.05) is 5.38 Å². The Labute approximate surface area is 117 Å². The van der Waals surface area contributed by atoms with Crippen molar-refractivity contribution in [2.24, 2.45) is 0 Å². The van der Waals surface area contributed by atoms with Gasteiger partial charge in [0.15, 0.2) is 5.13 Å². The molecule has 0 bridgehead atoms. The van der Waals surface area contributed by atoms with E-state index in [2.05, 4.69) is 9.71 Å². The maximum Gasteiger partial charge on any atom is 0.311 e. The summed E-state index contributed by atoms with van der Waals surface area (Å²) in [4.78, 5) is 15.3. The first-order valence-electron chi connectivity index (χ1n) is 6.07. The van der Waals surface area contributed by atoms with Gasteiger partial charge in [0.2, 0.25) is 10.0 Å². The summed E-state index contributed by atoms with van der Waals surface area (Å²) in [6.45, 7) is 3.97. The number of nitrogens with one attached hydrogen (secondary N) is 1. The number of unbranched alkanes of at least 4 members (excludes halogenated alkanes) is 1.